The number of aliphatic imine (C=N–C) groups is 1. The standard InChI is InChI=1S/C21H22N4O2S2/c1-12(2)22-21-25(13(3)4)19(26)17(28-21)11-14-9-10-18(27-14)29-20-23-15-7-5-6-8-16(15)24-20/h5-13H,1-4H3,(H,23,24)/b17-11+,22-21?. The third-order valence-electron chi connectivity index (χ3n) is 4.16. The Morgan fingerprint density at radius 1 is 1.21 bits per heavy atom. The van der Waals surface area contributed by atoms with Gasteiger partial charge >= 0.3 is 0 Å². The lowest BCUT2D eigenvalue weighted by Gasteiger charge is -2.20. The molecule has 1 saturated heterocycles. The lowest BCUT2D eigenvalue weighted by atomic mass is 10.3. The molecule has 1 fully saturated rings. The number of nitrogens with zero attached hydrogens (tertiary/aromatic N) is 3. The third-order valence-corrected chi connectivity index (χ3v) is 5.97. The van der Waals surface area contributed by atoms with Gasteiger partial charge < -0.3 is 9.40 Å². The highest BCUT2D eigenvalue weighted by atomic mass is 32.2. The van der Waals surface area contributed by atoms with Crippen LogP contribution in [0.3, 0.4) is 0 Å². The number of carbonyl (C=O) groups excluding carboxylic acids is 1. The van der Waals surface area contributed by atoms with E-state index >= 15 is 0 Å². The Balaban J connectivity index is 1.54. The van der Waals surface area contributed by atoms with Gasteiger partial charge in [0.25, 0.3) is 5.91 Å². The molecule has 3 heterocycles. The first kappa shape index (κ1) is 19.8. The summed E-state index contributed by atoms with van der Waals surface area (Å²) in [7, 11) is 0. The van der Waals surface area contributed by atoms with Crippen molar-refractivity contribution >= 4 is 51.7 Å². The zero-order chi connectivity index (χ0) is 20.5. The van der Waals surface area contributed by atoms with Crippen molar-refractivity contribution in [3.05, 3.63) is 47.1 Å². The Morgan fingerprint density at radius 2 is 2.00 bits per heavy atom. The van der Waals surface area contributed by atoms with Crippen molar-refractivity contribution in [2.24, 2.45) is 4.99 Å². The molecule has 0 atom stereocenters. The van der Waals surface area contributed by atoms with Crippen molar-refractivity contribution < 1.29 is 9.21 Å². The summed E-state index contributed by atoms with van der Waals surface area (Å²) < 4.78 is 5.91. The molecule has 0 radical (unpaired) electrons. The second kappa shape index (κ2) is 8.12. The molecule has 150 valence electrons. The van der Waals surface area contributed by atoms with Gasteiger partial charge in [0.2, 0.25) is 0 Å². The average Bonchev–Trinajstić information content (AvgIpc) is 3.33. The van der Waals surface area contributed by atoms with Gasteiger partial charge in [0, 0.05) is 18.2 Å². The van der Waals surface area contributed by atoms with Gasteiger partial charge in [-0.3, -0.25) is 14.7 Å². The predicted octanol–water partition coefficient (Wildman–Crippen LogP) is 5.40. The number of furan rings is 1. The van der Waals surface area contributed by atoms with Crippen LogP contribution in [0.2, 0.25) is 0 Å². The van der Waals surface area contributed by atoms with Gasteiger partial charge in [-0.2, -0.15) is 0 Å². The maximum atomic E-state index is 12.8. The van der Waals surface area contributed by atoms with Crippen molar-refractivity contribution in [2.75, 3.05) is 0 Å². The number of H-pyrrole nitrogens is 1. The minimum atomic E-state index is -0.0349. The summed E-state index contributed by atoms with van der Waals surface area (Å²) in [6.07, 6.45) is 1.79. The fourth-order valence-electron chi connectivity index (χ4n) is 2.92. The van der Waals surface area contributed by atoms with Crippen LogP contribution >= 0.6 is 23.5 Å². The predicted molar refractivity (Wildman–Crippen MR) is 119 cm³/mol. The Morgan fingerprint density at radius 3 is 2.72 bits per heavy atom. The number of amides is 1. The van der Waals surface area contributed by atoms with Crippen LogP contribution in [0, 0.1) is 0 Å². The molecular weight excluding hydrogens is 404 g/mol. The van der Waals surface area contributed by atoms with E-state index in [2.05, 4.69) is 15.0 Å². The number of hydrogen-bond donors (Lipinski definition) is 1. The average molecular weight is 427 g/mol. The fourth-order valence-corrected chi connectivity index (χ4v) is 4.90. The zero-order valence-corrected chi connectivity index (χ0v) is 18.3. The number of amidine groups is 1. The first-order valence-corrected chi connectivity index (χ1v) is 11.1. The largest absolute Gasteiger partial charge is 0.450 e. The van der Waals surface area contributed by atoms with E-state index in [9.17, 15) is 4.79 Å². The molecule has 3 aromatic rings. The van der Waals surface area contributed by atoms with Crippen molar-refractivity contribution in [2.45, 2.75) is 50.0 Å². The fraction of sp³-hybridized carbons (Fsp3) is 0.286. The summed E-state index contributed by atoms with van der Waals surface area (Å²) in [5.41, 5.74) is 1.91. The molecule has 1 aliphatic heterocycles. The molecule has 0 spiro atoms. The number of carbonyl (C=O) groups is 1. The molecule has 1 aromatic carbocycles. The number of para-hydroxylation sites is 2. The normalized spacial score (nSPS) is 17.7. The summed E-state index contributed by atoms with van der Waals surface area (Å²) >= 11 is 2.82. The Bertz CT molecular complexity index is 1080. The molecular formula is C21H22N4O2S2. The summed E-state index contributed by atoms with van der Waals surface area (Å²) in [5.74, 6) is 0.598. The van der Waals surface area contributed by atoms with Crippen LogP contribution in [0.4, 0.5) is 0 Å². The zero-order valence-electron chi connectivity index (χ0n) is 16.7. The lowest BCUT2D eigenvalue weighted by Crippen LogP contribution is -2.35. The second-order valence-corrected chi connectivity index (χ2v) is 9.21. The maximum Gasteiger partial charge on any atom is 0.267 e. The van der Waals surface area contributed by atoms with E-state index in [-0.39, 0.29) is 18.0 Å². The molecule has 0 bridgehead atoms. The quantitative estimate of drug-likeness (QED) is 0.553. The molecule has 6 nitrogen and oxygen atoms in total. The summed E-state index contributed by atoms with van der Waals surface area (Å²) in [6, 6.07) is 11.8. The molecule has 4 rings (SSSR count). The molecule has 1 amide bonds. The van der Waals surface area contributed by atoms with Crippen LogP contribution in [0.5, 0.6) is 0 Å². The van der Waals surface area contributed by atoms with Crippen LogP contribution in [0.15, 0.2) is 61.0 Å². The van der Waals surface area contributed by atoms with Gasteiger partial charge in [-0.05, 0) is 75.5 Å². The molecule has 1 N–H and O–H groups in total. The minimum Gasteiger partial charge on any atom is -0.450 e. The number of aromatic amines is 1. The Kier molecular flexibility index (Phi) is 5.56. The highest BCUT2D eigenvalue weighted by molar-refractivity contribution is 8.18. The van der Waals surface area contributed by atoms with E-state index in [1.54, 1.807) is 11.0 Å². The van der Waals surface area contributed by atoms with Crippen molar-refractivity contribution in [1.29, 1.82) is 0 Å². The van der Waals surface area contributed by atoms with E-state index in [0.29, 0.717) is 15.8 Å². The number of benzene rings is 1. The maximum absolute atomic E-state index is 12.8. The molecule has 2 aromatic heterocycles. The summed E-state index contributed by atoms with van der Waals surface area (Å²) in [4.78, 5) is 27.6. The molecule has 0 aliphatic carbocycles. The highest BCUT2D eigenvalue weighted by Crippen LogP contribution is 2.35. The van der Waals surface area contributed by atoms with Crippen molar-refractivity contribution in [1.82, 2.24) is 14.9 Å². The number of aromatic nitrogens is 2. The lowest BCUT2D eigenvalue weighted by molar-refractivity contribution is -0.123. The van der Waals surface area contributed by atoms with Crippen LogP contribution in [0.1, 0.15) is 33.5 Å². The van der Waals surface area contributed by atoms with Crippen molar-refractivity contribution in [3.63, 3.8) is 0 Å². The number of nitrogens with one attached hydrogen (secondary N) is 1. The van der Waals surface area contributed by atoms with Gasteiger partial charge in [0.1, 0.15) is 5.76 Å². The van der Waals surface area contributed by atoms with Gasteiger partial charge in [0.15, 0.2) is 15.4 Å². The number of thioether (sulfide) groups is 1. The molecule has 0 saturated carbocycles. The third kappa shape index (κ3) is 4.28. The van der Waals surface area contributed by atoms with Crippen LogP contribution < -0.4 is 0 Å². The number of hydrogen-bond acceptors (Lipinski definition) is 6. The molecule has 1 aliphatic rings. The van der Waals surface area contributed by atoms with E-state index in [4.69, 9.17) is 4.42 Å². The van der Waals surface area contributed by atoms with Gasteiger partial charge in [-0.15, -0.1) is 0 Å². The monoisotopic (exact) mass is 426 g/mol. The topological polar surface area (TPSA) is 74.5 Å². The summed E-state index contributed by atoms with van der Waals surface area (Å²) in [6.45, 7) is 8.00. The van der Waals surface area contributed by atoms with Crippen LogP contribution in [-0.4, -0.2) is 38.0 Å². The highest BCUT2D eigenvalue weighted by Gasteiger charge is 2.35. The molecule has 29 heavy (non-hydrogen) atoms. The van der Waals surface area contributed by atoms with E-state index < -0.39 is 0 Å². The number of fused-ring (bicyclic) bond motifs is 1. The SMILES string of the molecule is CC(C)N=C1S/C(=C/c2ccc(Sc3nc4ccccc4[nH]3)o2)C(=O)N1C(C)C. The van der Waals surface area contributed by atoms with Gasteiger partial charge in [-0.25, -0.2) is 4.98 Å². The summed E-state index contributed by atoms with van der Waals surface area (Å²) in [5, 5.41) is 2.22. The van der Waals surface area contributed by atoms with Crippen molar-refractivity contribution in [3.8, 4) is 0 Å². The van der Waals surface area contributed by atoms with Crippen LogP contribution in [-0.2, 0) is 4.79 Å². The van der Waals surface area contributed by atoms with Gasteiger partial charge in [-0.1, -0.05) is 12.1 Å². The number of imidazole rings is 1. The van der Waals surface area contributed by atoms with Crippen LogP contribution in [0.25, 0.3) is 17.1 Å². The molecule has 0 unspecified atom stereocenters. The molecule has 8 heteroatoms. The Labute approximate surface area is 177 Å². The minimum absolute atomic E-state index is 0.0349. The van der Waals surface area contributed by atoms with E-state index in [1.165, 1.54) is 23.5 Å². The first-order chi connectivity index (χ1) is 13.9. The first-order valence-electron chi connectivity index (χ1n) is 9.44. The number of rotatable bonds is 5. The van der Waals surface area contributed by atoms with Gasteiger partial charge in [0.05, 0.1) is 15.9 Å². The second-order valence-electron chi connectivity index (χ2n) is 7.20. The smallest absolute Gasteiger partial charge is 0.267 e. The van der Waals surface area contributed by atoms with E-state index in [1.807, 2.05) is 64.1 Å². The van der Waals surface area contributed by atoms with E-state index in [0.717, 1.165) is 21.4 Å². The Hall–Kier alpha value is -2.45.